The Bertz CT molecular complexity index is 453. The second kappa shape index (κ2) is 6.86. The van der Waals surface area contributed by atoms with Crippen LogP contribution in [0.5, 0.6) is 0 Å². The van der Waals surface area contributed by atoms with Gasteiger partial charge in [-0.25, -0.2) is 0 Å². The number of nitrogens with zero attached hydrogens (tertiary/aromatic N) is 1. The van der Waals surface area contributed by atoms with Gasteiger partial charge in [0, 0.05) is 24.2 Å². The number of amides is 1. The van der Waals surface area contributed by atoms with Crippen molar-refractivity contribution < 1.29 is 4.79 Å². The Balaban J connectivity index is 1.93. The first kappa shape index (κ1) is 15.0. The normalized spacial score (nSPS) is 22.9. The molecule has 2 rings (SSSR count). The summed E-state index contributed by atoms with van der Waals surface area (Å²) in [6.45, 7) is 0.871. The molecule has 0 atom stereocenters. The van der Waals surface area contributed by atoms with Gasteiger partial charge in [-0.3, -0.25) is 9.69 Å². The van der Waals surface area contributed by atoms with Crippen LogP contribution in [0.25, 0.3) is 0 Å². The summed E-state index contributed by atoms with van der Waals surface area (Å²) in [6, 6.07) is 8.94. The molecule has 0 spiro atoms. The van der Waals surface area contributed by atoms with Gasteiger partial charge in [0.25, 0.3) is 0 Å². The molecular formula is C16H25N3O. The maximum absolute atomic E-state index is 11.2. The molecule has 3 N–H and O–H groups in total. The molecule has 0 saturated heterocycles. The van der Waals surface area contributed by atoms with Gasteiger partial charge in [0.15, 0.2) is 0 Å². The first-order chi connectivity index (χ1) is 9.60. The summed E-state index contributed by atoms with van der Waals surface area (Å²) in [6.07, 6.45) is 4.95. The monoisotopic (exact) mass is 275 g/mol. The van der Waals surface area contributed by atoms with Crippen LogP contribution < -0.4 is 11.1 Å². The number of rotatable bonds is 5. The van der Waals surface area contributed by atoms with Crippen LogP contribution >= 0.6 is 0 Å². The highest BCUT2D eigenvalue weighted by Crippen LogP contribution is 2.23. The summed E-state index contributed by atoms with van der Waals surface area (Å²) in [5.41, 5.74) is 7.07. The fourth-order valence-corrected chi connectivity index (χ4v) is 3.05. The van der Waals surface area contributed by atoms with E-state index in [0.717, 1.165) is 12.1 Å². The van der Waals surface area contributed by atoms with E-state index in [-0.39, 0.29) is 5.91 Å². The third kappa shape index (κ3) is 3.81. The Morgan fingerprint density at radius 2 is 2.05 bits per heavy atom. The molecule has 0 aromatic heterocycles. The number of nitrogens with one attached hydrogen (secondary N) is 1. The Kier molecular flexibility index (Phi) is 5.15. The van der Waals surface area contributed by atoms with Crippen molar-refractivity contribution >= 4 is 5.91 Å². The first-order valence-corrected chi connectivity index (χ1v) is 7.36. The van der Waals surface area contributed by atoms with Gasteiger partial charge in [0.2, 0.25) is 5.91 Å². The lowest BCUT2D eigenvalue weighted by Gasteiger charge is -2.34. The zero-order valence-corrected chi connectivity index (χ0v) is 12.4. The summed E-state index contributed by atoms with van der Waals surface area (Å²) in [7, 11) is 4.21. The largest absolute Gasteiger partial charge is 0.366 e. The van der Waals surface area contributed by atoms with E-state index in [1.807, 2.05) is 19.2 Å². The van der Waals surface area contributed by atoms with Crippen molar-refractivity contribution in [3.63, 3.8) is 0 Å². The van der Waals surface area contributed by atoms with Crippen molar-refractivity contribution in [1.29, 1.82) is 0 Å². The lowest BCUT2D eigenvalue weighted by atomic mass is 9.90. The van der Waals surface area contributed by atoms with E-state index in [4.69, 9.17) is 5.73 Å². The number of primary amides is 1. The first-order valence-electron chi connectivity index (χ1n) is 7.36. The van der Waals surface area contributed by atoms with Crippen LogP contribution in [0.2, 0.25) is 0 Å². The van der Waals surface area contributed by atoms with E-state index in [2.05, 4.69) is 23.3 Å². The molecule has 1 saturated carbocycles. The van der Waals surface area contributed by atoms with Gasteiger partial charge in [-0.05, 0) is 57.5 Å². The number of nitrogens with two attached hydrogens (primary N) is 1. The zero-order chi connectivity index (χ0) is 14.5. The van der Waals surface area contributed by atoms with Gasteiger partial charge >= 0.3 is 0 Å². The fourth-order valence-electron chi connectivity index (χ4n) is 3.05. The molecule has 1 aliphatic carbocycles. The van der Waals surface area contributed by atoms with Crippen molar-refractivity contribution in [2.75, 3.05) is 14.1 Å². The van der Waals surface area contributed by atoms with Crippen molar-refractivity contribution in [3.05, 3.63) is 35.4 Å². The molecule has 0 bridgehead atoms. The minimum Gasteiger partial charge on any atom is -0.366 e. The van der Waals surface area contributed by atoms with Gasteiger partial charge in [-0.15, -0.1) is 0 Å². The molecule has 1 aromatic carbocycles. The number of carbonyl (C=O) groups excluding carboxylic acids is 1. The average Bonchev–Trinajstić information content (AvgIpc) is 2.47. The quantitative estimate of drug-likeness (QED) is 0.860. The van der Waals surface area contributed by atoms with E-state index >= 15 is 0 Å². The molecule has 4 nitrogen and oxygen atoms in total. The van der Waals surface area contributed by atoms with Crippen LogP contribution in [0.4, 0.5) is 0 Å². The highest BCUT2D eigenvalue weighted by Gasteiger charge is 2.23. The molecule has 1 aliphatic rings. The average molecular weight is 275 g/mol. The molecule has 4 heteroatoms. The summed E-state index contributed by atoms with van der Waals surface area (Å²) >= 11 is 0. The number of carbonyl (C=O) groups is 1. The Morgan fingerprint density at radius 1 is 1.35 bits per heavy atom. The van der Waals surface area contributed by atoms with Crippen molar-refractivity contribution in [2.45, 2.75) is 44.3 Å². The number of hydrogen-bond acceptors (Lipinski definition) is 3. The fraction of sp³-hybridized carbons (Fsp3) is 0.562. The summed E-state index contributed by atoms with van der Waals surface area (Å²) < 4.78 is 0. The van der Waals surface area contributed by atoms with Crippen LogP contribution in [-0.4, -0.2) is 37.0 Å². The minimum absolute atomic E-state index is 0.357. The predicted molar refractivity (Wildman–Crippen MR) is 81.5 cm³/mol. The van der Waals surface area contributed by atoms with E-state index in [9.17, 15) is 4.79 Å². The second-order valence-corrected chi connectivity index (χ2v) is 5.77. The Hall–Kier alpha value is -1.39. The van der Waals surface area contributed by atoms with E-state index < -0.39 is 0 Å². The third-order valence-electron chi connectivity index (χ3n) is 4.37. The smallest absolute Gasteiger partial charge is 0.248 e. The van der Waals surface area contributed by atoms with Crippen LogP contribution in [0.3, 0.4) is 0 Å². The van der Waals surface area contributed by atoms with E-state index in [1.54, 1.807) is 6.07 Å². The maximum Gasteiger partial charge on any atom is 0.248 e. The van der Waals surface area contributed by atoms with Crippen LogP contribution in [0.15, 0.2) is 24.3 Å². The zero-order valence-electron chi connectivity index (χ0n) is 12.4. The molecule has 0 aliphatic heterocycles. The van der Waals surface area contributed by atoms with Gasteiger partial charge in [0.1, 0.15) is 0 Å². The van der Waals surface area contributed by atoms with Crippen molar-refractivity contribution in [1.82, 2.24) is 10.2 Å². The van der Waals surface area contributed by atoms with E-state index in [0.29, 0.717) is 17.6 Å². The topological polar surface area (TPSA) is 58.4 Å². The summed E-state index contributed by atoms with van der Waals surface area (Å²) in [5, 5.41) is 3.36. The van der Waals surface area contributed by atoms with Crippen molar-refractivity contribution in [3.8, 4) is 0 Å². The van der Waals surface area contributed by atoms with Gasteiger partial charge in [-0.1, -0.05) is 12.1 Å². The molecule has 0 radical (unpaired) electrons. The lowest BCUT2D eigenvalue weighted by molar-refractivity contribution is 0.1000. The molecule has 0 unspecified atom stereocenters. The van der Waals surface area contributed by atoms with Crippen LogP contribution in [0, 0.1) is 0 Å². The van der Waals surface area contributed by atoms with Gasteiger partial charge < -0.3 is 11.1 Å². The molecule has 110 valence electrons. The molecule has 1 aromatic rings. The number of hydrogen-bond donors (Lipinski definition) is 2. The second-order valence-electron chi connectivity index (χ2n) is 5.77. The maximum atomic E-state index is 11.2. The van der Waals surface area contributed by atoms with Gasteiger partial charge in [-0.2, -0.15) is 0 Å². The summed E-state index contributed by atoms with van der Waals surface area (Å²) in [5.74, 6) is -0.357. The molecule has 1 amide bonds. The summed E-state index contributed by atoms with van der Waals surface area (Å²) in [4.78, 5) is 13.6. The van der Waals surface area contributed by atoms with E-state index in [1.165, 1.54) is 25.7 Å². The molecule has 1 fully saturated rings. The highest BCUT2D eigenvalue weighted by atomic mass is 16.1. The van der Waals surface area contributed by atoms with Crippen LogP contribution in [-0.2, 0) is 6.54 Å². The standard InChI is InChI=1S/C16H25N3O/c1-18-14-6-8-15(9-7-14)19(2)11-12-4-3-5-13(10-12)16(17)20/h3-5,10,14-15,18H,6-9,11H2,1-2H3,(H2,17,20). The molecule has 20 heavy (non-hydrogen) atoms. The Morgan fingerprint density at radius 3 is 2.65 bits per heavy atom. The SMILES string of the molecule is CNC1CCC(N(C)Cc2cccc(C(N)=O)c2)CC1. The number of benzene rings is 1. The third-order valence-corrected chi connectivity index (χ3v) is 4.37. The van der Waals surface area contributed by atoms with Crippen molar-refractivity contribution in [2.24, 2.45) is 5.73 Å². The van der Waals surface area contributed by atoms with Crippen LogP contribution in [0.1, 0.15) is 41.6 Å². The highest BCUT2D eigenvalue weighted by molar-refractivity contribution is 5.92. The lowest BCUT2D eigenvalue weighted by Crippen LogP contribution is -2.39. The predicted octanol–water partition coefficient (Wildman–Crippen LogP) is 1.75. The Labute approximate surface area is 121 Å². The molecule has 0 heterocycles. The van der Waals surface area contributed by atoms with Gasteiger partial charge in [0.05, 0.1) is 0 Å². The minimum atomic E-state index is -0.357. The molecular weight excluding hydrogens is 250 g/mol.